The van der Waals surface area contributed by atoms with Crippen LogP contribution in [-0.2, 0) is 4.79 Å². The standard InChI is InChI=1S/C32H46N2O4/c1-4-7-8-9-20-33-32(37)34-29-19-18-27(22-30(29)38-28(5-2)6-3)26-16-14-25(15-17-26)24-12-10-23(11-13-24)21-31(35)36/h14-19,22-24,28H,4-13,20-21H2,1-3H3,(H,35,36)(H2,33,34,37). The van der Waals surface area contributed by atoms with Crippen LogP contribution in [0.2, 0.25) is 0 Å². The van der Waals surface area contributed by atoms with Crippen molar-refractivity contribution in [2.24, 2.45) is 5.92 Å². The summed E-state index contributed by atoms with van der Waals surface area (Å²) in [5, 5.41) is 15.0. The Morgan fingerprint density at radius 2 is 1.61 bits per heavy atom. The van der Waals surface area contributed by atoms with Gasteiger partial charge in [0.1, 0.15) is 5.75 Å². The molecule has 0 unspecified atom stereocenters. The van der Waals surface area contributed by atoms with Crippen LogP contribution < -0.4 is 15.4 Å². The Hall–Kier alpha value is -3.02. The second-order valence-electron chi connectivity index (χ2n) is 10.6. The summed E-state index contributed by atoms with van der Waals surface area (Å²) < 4.78 is 6.34. The number of carboxylic acids is 1. The van der Waals surface area contributed by atoms with Crippen LogP contribution in [0.1, 0.15) is 103 Å². The minimum Gasteiger partial charge on any atom is -0.488 e. The third-order valence-corrected chi connectivity index (χ3v) is 7.78. The fourth-order valence-corrected chi connectivity index (χ4v) is 5.35. The van der Waals surface area contributed by atoms with Crippen molar-refractivity contribution in [1.29, 1.82) is 0 Å². The first kappa shape index (κ1) is 29.5. The van der Waals surface area contributed by atoms with Crippen molar-refractivity contribution < 1.29 is 19.4 Å². The van der Waals surface area contributed by atoms with Crippen LogP contribution in [0.5, 0.6) is 5.75 Å². The fourth-order valence-electron chi connectivity index (χ4n) is 5.35. The van der Waals surface area contributed by atoms with E-state index >= 15 is 0 Å². The topological polar surface area (TPSA) is 87.7 Å². The molecule has 1 saturated carbocycles. The summed E-state index contributed by atoms with van der Waals surface area (Å²) in [5.74, 6) is 0.814. The molecular weight excluding hydrogens is 476 g/mol. The molecular formula is C32H46N2O4. The largest absolute Gasteiger partial charge is 0.488 e. The van der Waals surface area contributed by atoms with Crippen LogP contribution in [0.4, 0.5) is 10.5 Å². The van der Waals surface area contributed by atoms with Gasteiger partial charge in [-0.15, -0.1) is 0 Å². The molecule has 0 heterocycles. The van der Waals surface area contributed by atoms with Crippen LogP contribution in [0, 0.1) is 5.92 Å². The minimum absolute atomic E-state index is 0.0848. The predicted octanol–water partition coefficient (Wildman–Crippen LogP) is 8.37. The Morgan fingerprint density at radius 3 is 2.24 bits per heavy atom. The Labute approximate surface area is 228 Å². The van der Waals surface area contributed by atoms with Gasteiger partial charge in [-0.25, -0.2) is 4.79 Å². The van der Waals surface area contributed by atoms with Gasteiger partial charge < -0.3 is 20.5 Å². The quantitative estimate of drug-likeness (QED) is 0.217. The number of carboxylic acid groups (broad SMARTS) is 1. The molecule has 2 aromatic carbocycles. The fraction of sp³-hybridized carbons (Fsp3) is 0.562. The maximum absolute atomic E-state index is 12.5. The highest BCUT2D eigenvalue weighted by molar-refractivity contribution is 5.91. The van der Waals surface area contributed by atoms with Gasteiger partial charge in [0.25, 0.3) is 0 Å². The lowest BCUT2D eigenvalue weighted by Gasteiger charge is -2.28. The molecule has 3 rings (SSSR count). The third-order valence-electron chi connectivity index (χ3n) is 7.78. The SMILES string of the molecule is CCCCCCNC(=O)Nc1ccc(-c2ccc(C3CCC(CC(=O)O)CC3)cc2)cc1OC(CC)CC. The van der Waals surface area contributed by atoms with E-state index in [1.165, 1.54) is 18.4 Å². The smallest absolute Gasteiger partial charge is 0.319 e. The van der Waals surface area contributed by atoms with Crippen LogP contribution in [0.25, 0.3) is 11.1 Å². The van der Waals surface area contributed by atoms with E-state index < -0.39 is 5.97 Å². The monoisotopic (exact) mass is 522 g/mol. The molecule has 0 radical (unpaired) electrons. The Morgan fingerprint density at radius 1 is 0.921 bits per heavy atom. The van der Waals surface area contributed by atoms with Gasteiger partial charge in [0.05, 0.1) is 11.8 Å². The summed E-state index contributed by atoms with van der Waals surface area (Å²) in [7, 11) is 0. The molecule has 3 N–H and O–H groups in total. The highest BCUT2D eigenvalue weighted by Crippen LogP contribution is 2.38. The maximum Gasteiger partial charge on any atom is 0.319 e. The normalized spacial score (nSPS) is 17.3. The molecule has 6 nitrogen and oxygen atoms in total. The van der Waals surface area contributed by atoms with Gasteiger partial charge in [0.15, 0.2) is 0 Å². The molecule has 0 aliphatic heterocycles. The van der Waals surface area contributed by atoms with Crippen LogP contribution in [0.15, 0.2) is 42.5 Å². The van der Waals surface area contributed by atoms with Gasteiger partial charge in [-0.2, -0.15) is 0 Å². The first-order chi connectivity index (χ1) is 18.4. The number of benzene rings is 2. The molecule has 1 fully saturated rings. The molecule has 0 aromatic heterocycles. The molecule has 2 aromatic rings. The van der Waals surface area contributed by atoms with Gasteiger partial charge in [0, 0.05) is 13.0 Å². The molecule has 0 spiro atoms. The zero-order chi connectivity index (χ0) is 27.3. The van der Waals surface area contributed by atoms with Gasteiger partial charge in [-0.1, -0.05) is 70.4 Å². The first-order valence-corrected chi connectivity index (χ1v) is 14.6. The zero-order valence-electron chi connectivity index (χ0n) is 23.4. The lowest BCUT2D eigenvalue weighted by Crippen LogP contribution is -2.30. The number of unbranched alkanes of at least 4 members (excludes halogenated alkanes) is 3. The van der Waals surface area contributed by atoms with Crippen LogP contribution in [-0.4, -0.2) is 29.8 Å². The van der Waals surface area contributed by atoms with E-state index in [0.717, 1.165) is 62.5 Å². The van der Waals surface area contributed by atoms with Gasteiger partial charge >= 0.3 is 12.0 Å². The van der Waals surface area contributed by atoms with Crippen LogP contribution >= 0.6 is 0 Å². The summed E-state index contributed by atoms with van der Waals surface area (Å²) in [6.07, 6.45) is 10.7. The molecule has 1 aliphatic carbocycles. The molecule has 1 aliphatic rings. The lowest BCUT2D eigenvalue weighted by atomic mass is 9.77. The number of rotatable bonds is 14. The summed E-state index contributed by atoms with van der Waals surface area (Å²) in [4.78, 5) is 23.6. The summed E-state index contributed by atoms with van der Waals surface area (Å²) in [6, 6.07) is 14.5. The van der Waals surface area contributed by atoms with E-state index in [9.17, 15) is 9.59 Å². The number of hydrogen-bond donors (Lipinski definition) is 3. The second-order valence-corrected chi connectivity index (χ2v) is 10.6. The van der Waals surface area contributed by atoms with Crippen molar-refractivity contribution in [3.63, 3.8) is 0 Å². The number of carbonyl (C=O) groups is 2. The van der Waals surface area contributed by atoms with E-state index in [4.69, 9.17) is 9.84 Å². The van der Waals surface area contributed by atoms with Crippen LogP contribution in [0.3, 0.4) is 0 Å². The number of amides is 2. The Bertz CT molecular complexity index is 1010. The van der Waals surface area contributed by atoms with Crippen molar-refractivity contribution in [2.45, 2.75) is 103 Å². The summed E-state index contributed by atoms with van der Waals surface area (Å²) in [5.41, 5.74) is 4.16. The summed E-state index contributed by atoms with van der Waals surface area (Å²) in [6.45, 7) is 7.07. The highest BCUT2D eigenvalue weighted by Gasteiger charge is 2.24. The molecule has 0 bridgehead atoms. The highest BCUT2D eigenvalue weighted by atomic mass is 16.5. The second kappa shape index (κ2) is 15.4. The lowest BCUT2D eigenvalue weighted by molar-refractivity contribution is -0.138. The Kier molecular flexibility index (Phi) is 12.0. The van der Waals surface area contributed by atoms with Crippen molar-refractivity contribution in [2.75, 3.05) is 11.9 Å². The first-order valence-electron chi connectivity index (χ1n) is 14.6. The number of aliphatic carboxylic acids is 1. The van der Waals surface area contributed by atoms with Gasteiger partial charge in [-0.05, 0) is 85.6 Å². The summed E-state index contributed by atoms with van der Waals surface area (Å²) >= 11 is 0. The predicted molar refractivity (Wildman–Crippen MR) is 155 cm³/mol. The molecule has 6 heteroatoms. The molecule has 208 valence electrons. The average molecular weight is 523 g/mol. The molecule has 2 amide bonds. The van der Waals surface area contributed by atoms with Crippen molar-refractivity contribution in [1.82, 2.24) is 5.32 Å². The van der Waals surface area contributed by atoms with Gasteiger partial charge in [0.2, 0.25) is 0 Å². The number of ether oxygens (including phenoxy) is 1. The van der Waals surface area contributed by atoms with Crippen molar-refractivity contribution in [3.05, 3.63) is 48.0 Å². The molecule has 38 heavy (non-hydrogen) atoms. The van der Waals surface area contributed by atoms with E-state index in [1.54, 1.807) is 0 Å². The molecule has 0 saturated heterocycles. The number of nitrogens with one attached hydrogen (secondary N) is 2. The maximum atomic E-state index is 12.5. The Balaban J connectivity index is 1.68. The average Bonchev–Trinajstić information content (AvgIpc) is 2.92. The van der Waals surface area contributed by atoms with E-state index in [-0.39, 0.29) is 12.1 Å². The number of hydrogen-bond acceptors (Lipinski definition) is 3. The number of anilines is 1. The molecule has 0 atom stereocenters. The van der Waals surface area contributed by atoms with E-state index in [2.05, 4.69) is 55.7 Å². The van der Waals surface area contributed by atoms with Crippen molar-refractivity contribution >= 4 is 17.7 Å². The number of carbonyl (C=O) groups excluding carboxylic acids is 1. The van der Waals surface area contributed by atoms with E-state index in [1.807, 2.05) is 18.2 Å². The third kappa shape index (κ3) is 9.07. The van der Waals surface area contributed by atoms with E-state index in [0.29, 0.717) is 36.2 Å². The van der Waals surface area contributed by atoms with Gasteiger partial charge in [-0.3, -0.25) is 4.79 Å². The minimum atomic E-state index is -0.686. The zero-order valence-corrected chi connectivity index (χ0v) is 23.4. The number of urea groups is 1. The van der Waals surface area contributed by atoms with Crippen molar-refractivity contribution in [3.8, 4) is 16.9 Å².